The van der Waals surface area contributed by atoms with Gasteiger partial charge < -0.3 is 15.3 Å². The van der Waals surface area contributed by atoms with E-state index in [1.807, 2.05) is 6.92 Å². The summed E-state index contributed by atoms with van der Waals surface area (Å²) in [5.74, 6) is 3.14. The fraction of sp³-hybridized carbons (Fsp3) is 0.800. The summed E-state index contributed by atoms with van der Waals surface area (Å²) in [6.45, 7) is 13.0. The fourth-order valence-corrected chi connectivity index (χ4v) is 4.30. The largest absolute Gasteiger partial charge is 0.396 e. The zero-order chi connectivity index (χ0) is 18.5. The van der Waals surface area contributed by atoms with Gasteiger partial charge in [-0.3, -0.25) is 4.90 Å². The van der Waals surface area contributed by atoms with E-state index in [2.05, 4.69) is 35.0 Å². The van der Waals surface area contributed by atoms with E-state index in [1.165, 1.54) is 5.69 Å². The van der Waals surface area contributed by atoms with Crippen LogP contribution in [0.2, 0.25) is 0 Å². The first-order valence-corrected chi connectivity index (χ1v) is 10.2. The van der Waals surface area contributed by atoms with Crippen molar-refractivity contribution in [2.24, 2.45) is 5.92 Å². The molecule has 2 aliphatic rings. The maximum atomic E-state index is 9.51. The van der Waals surface area contributed by atoms with Crippen LogP contribution in [0.4, 0.5) is 5.82 Å². The molecule has 3 rings (SSSR count). The molecule has 0 spiro atoms. The minimum atomic E-state index is 0.246. The lowest BCUT2D eigenvalue weighted by molar-refractivity contribution is 0.128. The molecule has 1 atom stereocenters. The van der Waals surface area contributed by atoms with E-state index in [0.717, 1.165) is 70.2 Å². The van der Waals surface area contributed by atoms with Crippen molar-refractivity contribution in [3.05, 3.63) is 17.6 Å². The number of aryl methyl sites for hydroxylation is 1. The molecule has 0 radical (unpaired) electrons. The minimum absolute atomic E-state index is 0.246. The van der Waals surface area contributed by atoms with E-state index >= 15 is 0 Å². The molecule has 0 saturated carbocycles. The highest BCUT2D eigenvalue weighted by atomic mass is 16.3. The molecule has 0 aliphatic carbocycles. The number of aliphatic hydroxyl groups excluding tert-OH is 1. The molecule has 2 fully saturated rings. The number of nitrogens with one attached hydrogen (secondary N) is 1. The van der Waals surface area contributed by atoms with Gasteiger partial charge in [0.1, 0.15) is 11.6 Å². The summed E-state index contributed by atoms with van der Waals surface area (Å²) in [5, 5.41) is 12.9. The van der Waals surface area contributed by atoms with E-state index in [9.17, 15) is 5.11 Å². The lowest BCUT2D eigenvalue weighted by Gasteiger charge is -2.42. The van der Waals surface area contributed by atoms with Gasteiger partial charge in [0.05, 0.1) is 0 Å². The molecule has 6 heteroatoms. The summed E-state index contributed by atoms with van der Waals surface area (Å²) >= 11 is 0. The highest BCUT2D eigenvalue weighted by Crippen LogP contribution is 2.27. The molecule has 26 heavy (non-hydrogen) atoms. The van der Waals surface area contributed by atoms with E-state index in [1.54, 1.807) is 0 Å². The Morgan fingerprint density at radius 3 is 2.69 bits per heavy atom. The molecule has 0 aromatic carbocycles. The second-order valence-corrected chi connectivity index (χ2v) is 8.22. The maximum absolute atomic E-state index is 9.51. The van der Waals surface area contributed by atoms with Crippen molar-refractivity contribution in [3.8, 4) is 0 Å². The highest BCUT2D eigenvalue weighted by molar-refractivity contribution is 5.42. The number of aromatic nitrogens is 2. The van der Waals surface area contributed by atoms with Crippen LogP contribution in [0.3, 0.4) is 0 Å². The van der Waals surface area contributed by atoms with Gasteiger partial charge in [-0.05, 0) is 45.2 Å². The molecular weight excluding hydrogens is 326 g/mol. The lowest BCUT2D eigenvalue weighted by Crippen LogP contribution is -2.54. The number of nitrogens with zero attached hydrogens (tertiary/aromatic N) is 4. The summed E-state index contributed by atoms with van der Waals surface area (Å²) < 4.78 is 0. The lowest BCUT2D eigenvalue weighted by atomic mass is 9.94. The molecule has 2 N–H and O–H groups in total. The average Bonchev–Trinajstić information content (AvgIpc) is 2.63. The van der Waals surface area contributed by atoms with Gasteiger partial charge in [-0.15, -0.1) is 0 Å². The first-order valence-electron chi connectivity index (χ1n) is 10.2. The third-order valence-corrected chi connectivity index (χ3v) is 5.59. The Bertz CT molecular complexity index is 573. The van der Waals surface area contributed by atoms with Crippen LogP contribution in [0.15, 0.2) is 6.07 Å². The molecule has 1 aromatic heterocycles. The predicted octanol–water partition coefficient (Wildman–Crippen LogP) is 1.78. The number of piperazine rings is 1. The predicted molar refractivity (Wildman–Crippen MR) is 106 cm³/mol. The number of piperidine rings is 1. The van der Waals surface area contributed by atoms with Crippen LogP contribution in [-0.4, -0.2) is 71.9 Å². The topological polar surface area (TPSA) is 64.5 Å². The van der Waals surface area contributed by atoms with Crippen molar-refractivity contribution >= 4 is 5.82 Å². The Labute approximate surface area is 158 Å². The molecule has 2 saturated heterocycles. The van der Waals surface area contributed by atoms with Gasteiger partial charge in [-0.1, -0.05) is 13.8 Å². The van der Waals surface area contributed by atoms with Crippen LogP contribution in [-0.2, 0) is 0 Å². The third kappa shape index (κ3) is 4.93. The van der Waals surface area contributed by atoms with Gasteiger partial charge in [0, 0.05) is 56.5 Å². The van der Waals surface area contributed by atoms with E-state index < -0.39 is 0 Å². The van der Waals surface area contributed by atoms with Crippen molar-refractivity contribution in [2.75, 3.05) is 50.8 Å². The first kappa shape index (κ1) is 19.5. The van der Waals surface area contributed by atoms with Crippen LogP contribution >= 0.6 is 0 Å². The standard InChI is InChI=1S/C20H35N5O/c1-15(2)13-24-9-10-25(14-18(24)6-11-26)20-12-19(22-16(3)23-20)17-4-7-21-8-5-17/h12,15,17-18,21,26H,4-11,13-14H2,1-3H3/t18-/m1/s1. The maximum Gasteiger partial charge on any atom is 0.132 e. The van der Waals surface area contributed by atoms with Crippen molar-refractivity contribution < 1.29 is 5.11 Å². The Kier molecular flexibility index (Phi) is 6.84. The van der Waals surface area contributed by atoms with Crippen LogP contribution in [0.25, 0.3) is 0 Å². The number of aliphatic hydroxyl groups is 1. The zero-order valence-corrected chi connectivity index (χ0v) is 16.6. The number of hydrogen-bond acceptors (Lipinski definition) is 6. The van der Waals surface area contributed by atoms with E-state index in [4.69, 9.17) is 9.97 Å². The van der Waals surface area contributed by atoms with Crippen LogP contribution in [0.5, 0.6) is 0 Å². The Morgan fingerprint density at radius 2 is 2.00 bits per heavy atom. The second kappa shape index (κ2) is 9.11. The Morgan fingerprint density at radius 1 is 1.23 bits per heavy atom. The number of hydrogen-bond donors (Lipinski definition) is 2. The molecule has 3 heterocycles. The smallest absolute Gasteiger partial charge is 0.132 e. The molecule has 0 bridgehead atoms. The SMILES string of the molecule is Cc1nc(C2CCNCC2)cc(N2CCN(CC(C)C)[C@H](CCO)C2)n1. The normalized spacial score (nSPS) is 23.0. The van der Waals surface area contributed by atoms with Gasteiger partial charge in [0.2, 0.25) is 0 Å². The van der Waals surface area contributed by atoms with Crippen LogP contribution in [0.1, 0.15) is 50.5 Å². The van der Waals surface area contributed by atoms with Crippen molar-refractivity contribution in [3.63, 3.8) is 0 Å². The number of rotatable bonds is 6. The van der Waals surface area contributed by atoms with E-state index in [-0.39, 0.29) is 6.61 Å². The quantitative estimate of drug-likeness (QED) is 0.805. The summed E-state index contributed by atoms with van der Waals surface area (Å²) in [5.41, 5.74) is 1.21. The monoisotopic (exact) mass is 361 g/mol. The second-order valence-electron chi connectivity index (χ2n) is 8.22. The van der Waals surface area contributed by atoms with Gasteiger partial charge >= 0.3 is 0 Å². The Hall–Kier alpha value is -1.24. The summed E-state index contributed by atoms with van der Waals surface area (Å²) in [7, 11) is 0. The van der Waals surface area contributed by atoms with Gasteiger partial charge in [0.25, 0.3) is 0 Å². The molecule has 2 aliphatic heterocycles. The zero-order valence-electron chi connectivity index (χ0n) is 16.6. The van der Waals surface area contributed by atoms with Crippen molar-refractivity contribution in [1.82, 2.24) is 20.2 Å². The van der Waals surface area contributed by atoms with Crippen molar-refractivity contribution in [1.29, 1.82) is 0 Å². The molecule has 0 unspecified atom stereocenters. The number of anilines is 1. The van der Waals surface area contributed by atoms with Gasteiger partial charge in [-0.2, -0.15) is 0 Å². The summed E-state index contributed by atoms with van der Waals surface area (Å²) in [4.78, 5) is 14.4. The van der Waals surface area contributed by atoms with Gasteiger partial charge in [-0.25, -0.2) is 9.97 Å². The minimum Gasteiger partial charge on any atom is -0.396 e. The van der Waals surface area contributed by atoms with E-state index in [0.29, 0.717) is 17.9 Å². The molecule has 0 amide bonds. The highest BCUT2D eigenvalue weighted by Gasteiger charge is 2.28. The summed E-state index contributed by atoms with van der Waals surface area (Å²) in [6.07, 6.45) is 3.14. The average molecular weight is 362 g/mol. The first-order chi connectivity index (χ1) is 12.6. The van der Waals surface area contributed by atoms with Crippen LogP contribution < -0.4 is 10.2 Å². The molecule has 146 valence electrons. The third-order valence-electron chi connectivity index (χ3n) is 5.59. The molecule has 6 nitrogen and oxygen atoms in total. The molecule has 1 aromatic rings. The van der Waals surface area contributed by atoms with Gasteiger partial charge in [0.15, 0.2) is 0 Å². The van der Waals surface area contributed by atoms with Crippen molar-refractivity contribution in [2.45, 2.75) is 52.0 Å². The molecular formula is C20H35N5O. The fourth-order valence-electron chi connectivity index (χ4n) is 4.30. The Balaban J connectivity index is 1.74. The summed E-state index contributed by atoms with van der Waals surface area (Å²) in [6, 6.07) is 2.62. The van der Waals surface area contributed by atoms with Crippen LogP contribution in [0, 0.1) is 12.8 Å².